The Morgan fingerprint density at radius 2 is 1.72 bits per heavy atom. The number of nitrogens with one attached hydrogen (secondary N) is 1. The normalized spacial score (nSPS) is 10.8. The lowest BCUT2D eigenvalue weighted by atomic mass is 10.1. The van der Waals surface area contributed by atoms with Crippen LogP contribution in [0.3, 0.4) is 0 Å². The summed E-state index contributed by atoms with van der Waals surface area (Å²) in [6.07, 6.45) is 1.54. The van der Waals surface area contributed by atoms with Gasteiger partial charge in [0.15, 0.2) is 0 Å². The van der Waals surface area contributed by atoms with E-state index in [0.29, 0.717) is 39.3 Å². The molecule has 1 heterocycles. The number of aryl methyl sites for hydroxylation is 2. The van der Waals surface area contributed by atoms with Crippen molar-refractivity contribution in [1.29, 1.82) is 0 Å². The molecular formula is C29H37N3O3S. The van der Waals surface area contributed by atoms with Crippen LogP contribution in [0.4, 0.5) is 10.5 Å². The van der Waals surface area contributed by atoms with Crippen molar-refractivity contribution in [3.05, 3.63) is 87.6 Å². The number of hydrogen-bond donors (Lipinski definition) is 1. The van der Waals surface area contributed by atoms with Crippen molar-refractivity contribution in [3.8, 4) is 0 Å². The van der Waals surface area contributed by atoms with E-state index < -0.39 is 0 Å². The van der Waals surface area contributed by atoms with E-state index in [1.807, 2.05) is 71.8 Å². The number of thiophene rings is 1. The second-order valence-corrected chi connectivity index (χ2v) is 9.72. The highest BCUT2D eigenvalue weighted by molar-refractivity contribution is 7.10. The second-order valence-electron chi connectivity index (χ2n) is 8.72. The van der Waals surface area contributed by atoms with Crippen LogP contribution in [0, 0.1) is 6.92 Å². The third kappa shape index (κ3) is 8.50. The highest BCUT2D eigenvalue weighted by atomic mass is 32.1. The number of anilines is 1. The number of benzene rings is 2. The quantitative estimate of drug-likeness (QED) is 0.284. The van der Waals surface area contributed by atoms with E-state index in [1.165, 1.54) is 5.56 Å². The van der Waals surface area contributed by atoms with E-state index >= 15 is 0 Å². The fraction of sp³-hybridized carbons (Fsp3) is 0.379. The number of nitrogens with zero attached hydrogens (tertiary/aromatic N) is 2. The van der Waals surface area contributed by atoms with Crippen LogP contribution in [0.25, 0.3) is 0 Å². The van der Waals surface area contributed by atoms with Gasteiger partial charge in [0.1, 0.15) is 6.54 Å². The molecule has 0 aliphatic carbocycles. The van der Waals surface area contributed by atoms with Crippen LogP contribution < -0.4 is 5.32 Å². The van der Waals surface area contributed by atoms with Gasteiger partial charge in [0.2, 0.25) is 5.91 Å². The van der Waals surface area contributed by atoms with E-state index in [2.05, 4.69) is 25.2 Å². The molecule has 7 heteroatoms. The van der Waals surface area contributed by atoms with Crippen LogP contribution in [0.1, 0.15) is 41.8 Å². The Morgan fingerprint density at radius 3 is 2.42 bits per heavy atom. The Kier molecular flexibility index (Phi) is 11.0. The summed E-state index contributed by atoms with van der Waals surface area (Å²) >= 11 is 1.65. The van der Waals surface area contributed by atoms with Gasteiger partial charge in [0.05, 0.1) is 6.54 Å². The van der Waals surface area contributed by atoms with Crippen molar-refractivity contribution in [3.63, 3.8) is 0 Å². The van der Waals surface area contributed by atoms with Crippen molar-refractivity contribution in [2.75, 3.05) is 31.6 Å². The molecule has 3 amide bonds. The molecule has 6 nitrogen and oxygen atoms in total. The summed E-state index contributed by atoms with van der Waals surface area (Å²) in [6.45, 7) is 8.70. The van der Waals surface area contributed by atoms with Crippen LogP contribution in [0.2, 0.25) is 0 Å². The lowest BCUT2D eigenvalue weighted by Crippen LogP contribution is -2.44. The molecule has 2 aromatic carbocycles. The summed E-state index contributed by atoms with van der Waals surface area (Å²) in [5.41, 5.74) is 4.11. The first-order chi connectivity index (χ1) is 17.5. The molecule has 0 aliphatic rings. The summed E-state index contributed by atoms with van der Waals surface area (Å²) in [6, 6.07) is 19.6. The van der Waals surface area contributed by atoms with Gasteiger partial charge in [-0.2, -0.15) is 0 Å². The minimum atomic E-state index is -0.278. The number of amides is 3. The maximum atomic E-state index is 13.6. The van der Waals surface area contributed by atoms with E-state index in [-0.39, 0.29) is 18.5 Å². The average molecular weight is 508 g/mol. The molecule has 36 heavy (non-hydrogen) atoms. The summed E-state index contributed by atoms with van der Waals surface area (Å²) in [5.74, 6) is -0.0829. The van der Waals surface area contributed by atoms with Crippen molar-refractivity contribution < 1.29 is 14.3 Å². The van der Waals surface area contributed by atoms with Crippen molar-refractivity contribution in [2.24, 2.45) is 0 Å². The van der Waals surface area contributed by atoms with Crippen LogP contribution in [-0.2, 0) is 29.0 Å². The molecule has 0 aliphatic heterocycles. The molecule has 0 spiro atoms. The molecule has 0 saturated carbocycles. The highest BCUT2D eigenvalue weighted by Crippen LogP contribution is 2.20. The first-order valence-electron chi connectivity index (χ1n) is 12.6. The van der Waals surface area contributed by atoms with Gasteiger partial charge < -0.3 is 19.9 Å². The van der Waals surface area contributed by atoms with Crippen LogP contribution in [0.15, 0.2) is 66.0 Å². The maximum Gasteiger partial charge on any atom is 0.322 e. The summed E-state index contributed by atoms with van der Waals surface area (Å²) in [5, 5.41) is 5.03. The van der Waals surface area contributed by atoms with Gasteiger partial charge in [0, 0.05) is 36.9 Å². The van der Waals surface area contributed by atoms with E-state index in [0.717, 1.165) is 28.1 Å². The summed E-state index contributed by atoms with van der Waals surface area (Å²) < 4.78 is 5.47. The minimum absolute atomic E-state index is 0.00266. The predicted octanol–water partition coefficient (Wildman–Crippen LogP) is 6.11. The number of rotatable bonds is 13. The number of carbonyl (C=O) groups is 2. The van der Waals surface area contributed by atoms with E-state index in [1.54, 1.807) is 16.2 Å². The summed E-state index contributed by atoms with van der Waals surface area (Å²) in [4.78, 5) is 31.5. The predicted molar refractivity (Wildman–Crippen MR) is 147 cm³/mol. The third-order valence-electron chi connectivity index (χ3n) is 5.99. The van der Waals surface area contributed by atoms with Crippen molar-refractivity contribution in [2.45, 2.75) is 46.7 Å². The Bertz CT molecular complexity index is 1100. The standard InChI is InChI=1S/C29H37N3O3S/c1-4-24-13-9-14-26(19-24)30-29(34)31(16-10-17-35-5-2)22-28(33)32(20-25-11-7-6-8-12-25)21-27-23(3)15-18-36-27/h6-9,11-15,18-19H,4-5,10,16-17,20-22H2,1-3H3,(H,30,34). The van der Waals surface area contributed by atoms with Gasteiger partial charge in [-0.15, -0.1) is 11.3 Å². The molecule has 3 rings (SSSR count). The maximum absolute atomic E-state index is 13.6. The zero-order valence-electron chi connectivity index (χ0n) is 21.5. The fourth-order valence-electron chi connectivity index (χ4n) is 3.86. The minimum Gasteiger partial charge on any atom is -0.382 e. The number of carbonyl (C=O) groups excluding carboxylic acids is 2. The molecule has 0 fully saturated rings. The Morgan fingerprint density at radius 1 is 0.944 bits per heavy atom. The van der Waals surface area contributed by atoms with Gasteiger partial charge in [-0.25, -0.2) is 4.79 Å². The Hall–Kier alpha value is -3.16. The van der Waals surface area contributed by atoms with Gasteiger partial charge in [-0.1, -0.05) is 49.4 Å². The summed E-state index contributed by atoms with van der Waals surface area (Å²) in [7, 11) is 0. The molecule has 3 aromatic rings. The smallest absolute Gasteiger partial charge is 0.322 e. The molecule has 0 saturated heterocycles. The molecule has 0 unspecified atom stereocenters. The van der Waals surface area contributed by atoms with Crippen LogP contribution in [-0.4, -0.2) is 48.0 Å². The van der Waals surface area contributed by atoms with Crippen molar-refractivity contribution >= 4 is 29.0 Å². The molecule has 1 aromatic heterocycles. The number of hydrogen-bond acceptors (Lipinski definition) is 4. The van der Waals surface area contributed by atoms with Gasteiger partial charge in [0.25, 0.3) is 0 Å². The first-order valence-corrected chi connectivity index (χ1v) is 13.4. The zero-order valence-corrected chi connectivity index (χ0v) is 22.4. The first kappa shape index (κ1) is 27.4. The highest BCUT2D eigenvalue weighted by Gasteiger charge is 2.23. The monoisotopic (exact) mass is 507 g/mol. The average Bonchev–Trinajstić information content (AvgIpc) is 3.30. The van der Waals surface area contributed by atoms with Crippen molar-refractivity contribution in [1.82, 2.24) is 9.80 Å². The molecule has 0 atom stereocenters. The molecular weight excluding hydrogens is 470 g/mol. The lowest BCUT2D eigenvalue weighted by molar-refractivity contribution is -0.133. The number of urea groups is 1. The molecule has 192 valence electrons. The Labute approximate surface area is 218 Å². The van der Waals surface area contributed by atoms with Crippen LogP contribution >= 0.6 is 11.3 Å². The number of ether oxygens (including phenoxy) is 1. The van der Waals surface area contributed by atoms with Crippen LogP contribution in [0.5, 0.6) is 0 Å². The van der Waals surface area contributed by atoms with Gasteiger partial charge in [-0.3, -0.25) is 4.79 Å². The SMILES string of the molecule is CCOCCCN(CC(=O)N(Cc1ccccc1)Cc1sccc1C)C(=O)Nc1cccc(CC)c1. The Balaban J connectivity index is 1.76. The fourth-order valence-corrected chi connectivity index (χ4v) is 4.79. The largest absolute Gasteiger partial charge is 0.382 e. The second kappa shape index (κ2) is 14.4. The third-order valence-corrected chi connectivity index (χ3v) is 7.00. The van der Waals surface area contributed by atoms with Gasteiger partial charge >= 0.3 is 6.03 Å². The van der Waals surface area contributed by atoms with Gasteiger partial charge in [-0.05, 0) is 67.0 Å². The lowest BCUT2D eigenvalue weighted by Gasteiger charge is -2.28. The molecule has 1 N–H and O–H groups in total. The van der Waals surface area contributed by atoms with E-state index in [4.69, 9.17) is 4.74 Å². The van der Waals surface area contributed by atoms with E-state index in [9.17, 15) is 9.59 Å². The zero-order chi connectivity index (χ0) is 25.8. The topological polar surface area (TPSA) is 61.9 Å². The molecule has 0 radical (unpaired) electrons. The molecule has 0 bridgehead atoms.